The minimum absolute atomic E-state index is 0.150. The van der Waals surface area contributed by atoms with Crippen molar-refractivity contribution in [3.8, 4) is 0 Å². The summed E-state index contributed by atoms with van der Waals surface area (Å²) < 4.78 is 22.6. The number of hydrogen-bond acceptors (Lipinski definition) is 8. The van der Waals surface area contributed by atoms with E-state index in [0.29, 0.717) is 23.9 Å². The van der Waals surface area contributed by atoms with Crippen LogP contribution in [0, 0.1) is 0 Å². The van der Waals surface area contributed by atoms with Gasteiger partial charge in [0.2, 0.25) is 0 Å². The minimum Gasteiger partial charge on any atom is -0.545 e. The number of likely N-dealkylation sites (N-methyl/N-ethyl adjacent to an activating group) is 1. The zero-order valence-corrected chi connectivity index (χ0v) is 45.0. The molecule has 0 saturated heterocycles. The Labute approximate surface area is 419 Å². The largest absolute Gasteiger partial charge is 0.545 e. The summed E-state index contributed by atoms with van der Waals surface area (Å²) in [6.45, 7) is 4.64. The second-order valence-electron chi connectivity index (χ2n) is 20.2. The van der Waals surface area contributed by atoms with E-state index in [1.54, 1.807) is 0 Å². The van der Waals surface area contributed by atoms with Gasteiger partial charge in [0.05, 0.1) is 40.3 Å². The molecule has 0 heterocycles. The Kier molecular flexibility index (Phi) is 48.6. The number of carbonyl (C=O) groups is 3. The molecule has 0 aliphatic carbocycles. The smallest absolute Gasteiger partial charge is 0.306 e. The number of allylic oxidation sites excluding steroid dienone is 8. The number of carboxylic acids is 1. The molecule has 2 atom stereocenters. The maximum Gasteiger partial charge on any atom is 0.306 e. The van der Waals surface area contributed by atoms with E-state index in [-0.39, 0.29) is 32.2 Å². The third-order valence-electron chi connectivity index (χ3n) is 12.3. The van der Waals surface area contributed by atoms with Crippen LogP contribution in [0.2, 0.25) is 0 Å². The lowest BCUT2D eigenvalue weighted by Gasteiger charge is -2.26. The van der Waals surface area contributed by atoms with Crippen LogP contribution in [0.25, 0.3) is 0 Å². The number of ether oxygens (including phenoxy) is 4. The van der Waals surface area contributed by atoms with E-state index < -0.39 is 24.3 Å². The number of aliphatic carboxylic acids is 1. The summed E-state index contributed by atoms with van der Waals surface area (Å²) >= 11 is 0. The zero-order valence-electron chi connectivity index (χ0n) is 45.0. The van der Waals surface area contributed by atoms with Crippen molar-refractivity contribution >= 4 is 17.9 Å². The van der Waals surface area contributed by atoms with Gasteiger partial charge in [-0.05, 0) is 51.4 Å². The van der Waals surface area contributed by atoms with Gasteiger partial charge in [-0.1, -0.05) is 236 Å². The van der Waals surface area contributed by atoms with Gasteiger partial charge in [0.15, 0.2) is 12.4 Å². The molecule has 396 valence electrons. The van der Waals surface area contributed by atoms with Gasteiger partial charge in [0, 0.05) is 12.8 Å². The van der Waals surface area contributed by atoms with Crippen LogP contribution in [0.1, 0.15) is 251 Å². The molecule has 0 aromatic heterocycles. The van der Waals surface area contributed by atoms with Gasteiger partial charge >= 0.3 is 11.9 Å². The average molecular weight is 959 g/mol. The first-order chi connectivity index (χ1) is 33.1. The molecule has 9 nitrogen and oxygen atoms in total. The molecule has 0 rings (SSSR count). The van der Waals surface area contributed by atoms with Crippen molar-refractivity contribution in [3.05, 3.63) is 48.6 Å². The summed E-state index contributed by atoms with van der Waals surface area (Å²) in [5, 5.41) is 11.7. The highest BCUT2D eigenvalue weighted by molar-refractivity contribution is 5.70. The molecule has 0 saturated carbocycles. The Bertz CT molecular complexity index is 1250. The van der Waals surface area contributed by atoms with Crippen LogP contribution in [0.3, 0.4) is 0 Å². The summed E-state index contributed by atoms with van der Waals surface area (Å²) in [4.78, 5) is 37.1. The second kappa shape index (κ2) is 50.6. The molecule has 68 heavy (non-hydrogen) atoms. The highest BCUT2D eigenvalue weighted by Crippen LogP contribution is 2.17. The third kappa shape index (κ3) is 51.1. The predicted molar refractivity (Wildman–Crippen MR) is 283 cm³/mol. The lowest BCUT2D eigenvalue weighted by atomic mass is 10.0. The maximum absolute atomic E-state index is 12.8. The first kappa shape index (κ1) is 65.2. The van der Waals surface area contributed by atoms with Gasteiger partial charge in [-0.3, -0.25) is 9.59 Å². The molecule has 0 spiro atoms. The molecule has 0 aromatic rings. The molecular weight excluding hydrogens is 851 g/mol. The van der Waals surface area contributed by atoms with Crippen LogP contribution in [0.4, 0.5) is 0 Å². The summed E-state index contributed by atoms with van der Waals surface area (Å²) in [7, 11) is 5.92. The Balaban J connectivity index is 4.01. The predicted octanol–water partition coefficient (Wildman–Crippen LogP) is 15.0. The molecule has 0 N–H and O–H groups in total. The van der Waals surface area contributed by atoms with Crippen LogP contribution in [0.15, 0.2) is 48.6 Å². The van der Waals surface area contributed by atoms with Crippen LogP contribution >= 0.6 is 0 Å². The quantitative estimate of drug-likeness (QED) is 0.0195. The lowest BCUT2D eigenvalue weighted by molar-refractivity contribution is -0.870. The molecular formula is C59H107NO8. The second-order valence-corrected chi connectivity index (χ2v) is 20.2. The number of carbonyl (C=O) groups excluding carboxylic acids is 3. The molecule has 0 bridgehead atoms. The normalized spacial score (nSPS) is 13.1. The highest BCUT2D eigenvalue weighted by Gasteiger charge is 2.22. The lowest BCUT2D eigenvalue weighted by Crippen LogP contribution is -2.44. The number of quaternary nitrogens is 1. The van der Waals surface area contributed by atoms with E-state index in [0.717, 1.165) is 57.8 Å². The SMILES string of the molecule is CC/C=C\C/C=C\C/C=C\C/C=C\CCCCCCCCCCCCCCCCCCCCCCC(=O)OC(COC(=O)CCCCCCCCCCCC)COC(OCC[N+](C)(C)C)C(=O)[O-]. The fraction of sp³-hybridized carbons (Fsp3) is 0.814. The van der Waals surface area contributed by atoms with E-state index in [1.165, 1.54) is 161 Å². The van der Waals surface area contributed by atoms with E-state index >= 15 is 0 Å². The van der Waals surface area contributed by atoms with Gasteiger partial charge in [0.1, 0.15) is 13.2 Å². The summed E-state index contributed by atoms with van der Waals surface area (Å²) in [6.07, 6.45) is 59.0. The molecule has 0 amide bonds. The number of hydrogen-bond donors (Lipinski definition) is 0. The molecule has 0 aliphatic rings. The Morgan fingerprint density at radius 3 is 1.25 bits per heavy atom. The Hall–Kier alpha value is -2.75. The van der Waals surface area contributed by atoms with Crippen molar-refractivity contribution in [2.45, 2.75) is 264 Å². The summed E-state index contributed by atoms with van der Waals surface area (Å²) in [6, 6.07) is 0. The van der Waals surface area contributed by atoms with Gasteiger partial charge in [0.25, 0.3) is 0 Å². The van der Waals surface area contributed by atoms with Gasteiger partial charge in [-0.25, -0.2) is 0 Å². The fourth-order valence-corrected chi connectivity index (χ4v) is 8.00. The number of nitrogens with zero attached hydrogens (tertiary/aromatic N) is 1. The highest BCUT2D eigenvalue weighted by atomic mass is 16.7. The number of esters is 2. The number of carboxylic acid groups (broad SMARTS) is 1. The molecule has 0 aliphatic heterocycles. The first-order valence-corrected chi connectivity index (χ1v) is 28.3. The van der Waals surface area contributed by atoms with Crippen molar-refractivity contribution < 1.29 is 42.9 Å². The fourth-order valence-electron chi connectivity index (χ4n) is 8.00. The molecule has 0 radical (unpaired) electrons. The van der Waals surface area contributed by atoms with Crippen molar-refractivity contribution in [3.63, 3.8) is 0 Å². The van der Waals surface area contributed by atoms with Crippen molar-refractivity contribution in [1.29, 1.82) is 0 Å². The van der Waals surface area contributed by atoms with Crippen LogP contribution < -0.4 is 5.11 Å². The van der Waals surface area contributed by atoms with Crippen molar-refractivity contribution in [2.75, 3.05) is 47.5 Å². The van der Waals surface area contributed by atoms with Gasteiger partial charge in [-0.2, -0.15) is 0 Å². The van der Waals surface area contributed by atoms with Gasteiger partial charge < -0.3 is 33.3 Å². The first-order valence-electron chi connectivity index (χ1n) is 28.3. The van der Waals surface area contributed by atoms with Gasteiger partial charge in [-0.15, -0.1) is 0 Å². The van der Waals surface area contributed by atoms with Crippen molar-refractivity contribution in [2.24, 2.45) is 0 Å². The number of unbranched alkanes of at least 4 members (excludes halogenated alkanes) is 29. The minimum atomic E-state index is -1.62. The molecule has 0 fully saturated rings. The maximum atomic E-state index is 12.8. The van der Waals surface area contributed by atoms with E-state index in [4.69, 9.17) is 18.9 Å². The topological polar surface area (TPSA) is 111 Å². The summed E-state index contributed by atoms with van der Waals surface area (Å²) in [5.41, 5.74) is 0. The van der Waals surface area contributed by atoms with Crippen LogP contribution in [-0.2, 0) is 33.3 Å². The standard InChI is InChI=1S/C59H107NO8/c1-6-8-10-12-14-16-18-19-20-21-22-23-24-25-26-27-28-29-30-31-32-33-34-35-36-37-38-39-40-42-44-46-48-50-57(62)68-55(54-67-59(58(63)64)65-52-51-60(3,4)5)53-66-56(61)49-47-45-43-41-17-15-13-11-9-7-2/h8,10,14,16,19-20,22-23,55,59H,6-7,9,11-13,15,17-18,21,24-54H2,1-5H3/b10-8-,16-14-,20-19-,23-22-. The van der Waals surface area contributed by atoms with Crippen LogP contribution in [0.5, 0.6) is 0 Å². The molecule has 0 aromatic carbocycles. The third-order valence-corrected chi connectivity index (χ3v) is 12.3. The molecule has 2 unspecified atom stereocenters. The van der Waals surface area contributed by atoms with Crippen molar-refractivity contribution in [1.82, 2.24) is 0 Å². The van der Waals surface area contributed by atoms with E-state index in [9.17, 15) is 19.5 Å². The monoisotopic (exact) mass is 958 g/mol. The average Bonchev–Trinajstić information content (AvgIpc) is 3.30. The number of rotatable bonds is 52. The van der Waals surface area contributed by atoms with E-state index in [1.807, 2.05) is 21.1 Å². The Morgan fingerprint density at radius 2 is 0.838 bits per heavy atom. The zero-order chi connectivity index (χ0) is 49.9. The Morgan fingerprint density at radius 1 is 0.456 bits per heavy atom. The van der Waals surface area contributed by atoms with Crippen LogP contribution in [-0.4, -0.2) is 82.3 Å². The summed E-state index contributed by atoms with van der Waals surface area (Å²) in [5.74, 6) is -2.27. The molecule has 9 heteroatoms. The van der Waals surface area contributed by atoms with E-state index in [2.05, 4.69) is 62.5 Å².